The van der Waals surface area contributed by atoms with E-state index < -0.39 is 17.8 Å². The maximum atomic E-state index is 13.2. The average molecular weight is 278 g/mol. The van der Waals surface area contributed by atoms with Gasteiger partial charge in [0.2, 0.25) is 5.95 Å². The van der Waals surface area contributed by atoms with Crippen molar-refractivity contribution >= 4 is 11.9 Å². The van der Waals surface area contributed by atoms with Crippen LogP contribution in [-0.2, 0) is 11.2 Å². The van der Waals surface area contributed by atoms with Gasteiger partial charge in [0.25, 0.3) is 5.91 Å². The Morgan fingerprint density at radius 3 is 2.95 bits per heavy atom. The van der Waals surface area contributed by atoms with Crippen molar-refractivity contribution in [2.75, 3.05) is 6.54 Å². The molecule has 2 aliphatic heterocycles. The molecule has 0 spiro atoms. The maximum Gasteiger partial charge on any atom is 0.308 e. The van der Waals surface area contributed by atoms with Crippen molar-refractivity contribution in [1.29, 1.82) is 0 Å². The molecule has 6 heteroatoms. The summed E-state index contributed by atoms with van der Waals surface area (Å²) >= 11 is 0. The number of aromatic nitrogens is 1. The van der Waals surface area contributed by atoms with Crippen LogP contribution in [0, 0.1) is 11.9 Å². The fourth-order valence-electron chi connectivity index (χ4n) is 3.12. The second-order valence-corrected chi connectivity index (χ2v) is 5.43. The van der Waals surface area contributed by atoms with Gasteiger partial charge in [-0.25, -0.2) is 4.98 Å². The number of halogens is 1. The molecule has 1 fully saturated rings. The number of carbonyl (C=O) groups excluding carboxylic acids is 1. The Morgan fingerprint density at radius 2 is 2.20 bits per heavy atom. The van der Waals surface area contributed by atoms with E-state index in [-0.39, 0.29) is 18.5 Å². The van der Waals surface area contributed by atoms with Gasteiger partial charge in [-0.3, -0.25) is 9.59 Å². The number of nitrogens with zero attached hydrogens (tertiary/aromatic N) is 2. The second-order valence-electron chi connectivity index (χ2n) is 5.43. The standard InChI is InChI=1S/C14H15FN2O3/c15-12-5-8-1-3-10-4-2-9(14(19)20)7-17(10)13(18)11(8)6-16-12/h5-6,9-10H,1-4,7H2,(H,19,20)/t9-,10+/m0/s1. The van der Waals surface area contributed by atoms with Crippen LogP contribution in [0.4, 0.5) is 4.39 Å². The van der Waals surface area contributed by atoms with Crippen LogP contribution >= 0.6 is 0 Å². The monoisotopic (exact) mass is 278 g/mol. The van der Waals surface area contributed by atoms with Crippen LogP contribution in [-0.4, -0.2) is 39.5 Å². The van der Waals surface area contributed by atoms with E-state index in [1.165, 1.54) is 12.3 Å². The van der Waals surface area contributed by atoms with Crippen LogP contribution in [0.3, 0.4) is 0 Å². The van der Waals surface area contributed by atoms with Crippen molar-refractivity contribution in [2.24, 2.45) is 5.92 Å². The molecule has 1 N–H and O–H groups in total. The van der Waals surface area contributed by atoms with Crippen molar-refractivity contribution < 1.29 is 19.1 Å². The van der Waals surface area contributed by atoms with Crippen LogP contribution < -0.4 is 0 Å². The zero-order chi connectivity index (χ0) is 14.3. The molecule has 2 aliphatic rings. The third-order valence-corrected chi connectivity index (χ3v) is 4.25. The lowest BCUT2D eigenvalue weighted by Gasteiger charge is -2.37. The zero-order valence-corrected chi connectivity index (χ0v) is 10.9. The fraction of sp³-hybridized carbons (Fsp3) is 0.500. The molecule has 1 amide bonds. The predicted molar refractivity (Wildman–Crippen MR) is 67.7 cm³/mol. The summed E-state index contributed by atoms with van der Waals surface area (Å²) in [5.74, 6) is -2.18. The minimum atomic E-state index is -0.863. The molecule has 3 rings (SSSR count). The fourth-order valence-corrected chi connectivity index (χ4v) is 3.12. The third kappa shape index (κ3) is 2.15. The van der Waals surface area contributed by atoms with Gasteiger partial charge in [-0.05, 0) is 37.3 Å². The molecule has 106 valence electrons. The number of rotatable bonds is 1. The normalized spacial score (nSPS) is 25.6. The number of hydrogen-bond acceptors (Lipinski definition) is 3. The molecule has 0 aromatic carbocycles. The highest BCUT2D eigenvalue weighted by atomic mass is 19.1. The number of pyridine rings is 1. The lowest BCUT2D eigenvalue weighted by molar-refractivity contribution is -0.143. The molecule has 20 heavy (non-hydrogen) atoms. The molecule has 2 atom stereocenters. The quantitative estimate of drug-likeness (QED) is 0.790. The molecule has 1 aromatic heterocycles. The molecule has 0 saturated carbocycles. The van der Waals surface area contributed by atoms with Gasteiger partial charge in [-0.2, -0.15) is 4.39 Å². The van der Waals surface area contributed by atoms with Crippen molar-refractivity contribution in [3.63, 3.8) is 0 Å². The van der Waals surface area contributed by atoms with E-state index in [1.807, 2.05) is 0 Å². The van der Waals surface area contributed by atoms with Crippen molar-refractivity contribution in [3.8, 4) is 0 Å². The Hall–Kier alpha value is -1.98. The lowest BCUT2D eigenvalue weighted by Crippen LogP contribution is -2.47. The Kier molecular flexibility index (Phi) is 3.16. The molecule has 3 heterocycles. The number of carboxylic acids is 1. The minimum absolute atomic E-state index is 0.0496. The van der Waals surface area contributed by atoms with Crippen molar-refractivity contribution in [2.45, 2.75) is 31.7 Å². The molecule has 0 unspecified atom stereocenters. The average Bonchev–Trinajstić information content (AvgIpc) is 2.56. The number of hydrogen-bond donors (Lipinski definition) is 1. The van der Waals surface area contributed by atoms with Crippen LogP contribution in [0.5, 0.6) is 0 Å². The summed E-state index contributed by atoms with van der Waals surface area (Å²) in [5.41, 5.74) is 1.07. The Balaban J connectivity index is 1.93. The summed E-state index contributed by atoms with van der Waals surface area (Å²) in [5, 5.41) is 9.12. The van der Waals surface area contributed by atoms with Gasteiger partial charge in [0, 0.05) is 18.8 Å². The lowest BCUT2D eigenvalue weighted by atomic mass is 9.91. The minimum Gasteiger partial charge on any atom is -0.481 e. The number of carboxylic acid groups (broad SMARTS) is 1. The number of piperidine rings is 1. The Bertz CT molecular complexity index is 576. The van der Waals surface area contributed by atoms with Gasteiger partial charge >= 0.3 is 5.97 Å². The van der Waals surface area contributed by atoms with Gasteiger partial charge in [0.1, 0.15) is 0 Å². The van der Waals surface area contributed by atoms with E-state index in [1.54, 1.807) is 4.90 Å². The first-order chi connectivity index (χ1) is 9.56. The number of fused-ring (bicyclic) bond motifs is 2. The number of carbonyl (C=O) groups is 2. The van der Waals surface area contributed by atoms with Crippen molar-refractivity contribution in [3.05, 3.63) is 29.3 Å². The Morgan fingerprint density at radius 1 is 1.40 bits per heavy atom. The maximum absolute atomic E-state index is 13.2. The molecule has 5 nitrogen and oxygen atoms in total. The van der Waals surface area contributed by atoms with E-state index in [4.69, 9.17) is 5.11 Å². The molecular weight excluding hydrogens is 263 g/mol. The largest absolute Gasteiger partial charge is 0.481 e. The summed E-state index contributed by atoms with van der Waals surface area (Å²) < 4.78 is 13.2. The smallest absolute Gasteiger partial charge is 0.308 e. The van der Waals surface area contributed by atoms with Gasteiger partial charge in [0.05, 0.1) is 11.5 Å². The van der Waals surface area contributed by atoms with Gasteiger partial charge in [0.15, 0.2) is 0 Å². The molecule has 0 radical (unpaired) electrons. The predicted octanol–water partition coefficient (Wildman–Crippen LogP) is 1.47. The topological polar surface area (TPSA) is 70.5 Å². The van der Waals surface area contributed by atoms with Crippen LogP contribution in [0.25, 0.3) is 0 Å². The highest BCUT2D eigenvalue weighted by Crippen LogP contribution is 2.30. The van der Waals surface area contributed by atoms with Crippen LogP contribution in [0.2, 0.25) is 0 Å². The summed E-state index contributed by atoms with van der Waals surface area (Å²) in [7, 11) is 0. The van der Waals surface area contributed by atoms with E-state index in [0.717, 1.165) is 6.42 Å². The van der Waals surface area contributed by atoms with E-state index >= 15 is 0 Å². The highest BCUT2D eigenvalue weighted by molar-refractivity contribution is 5.96. The number of amides is 1. The van der Waals surface area contributed by atoms with E-state index in [2.05, 4.69) is 4.98 Å². The van der Waals surface area contributed by atoms with Gasteiger partial charge in [-0.15, -0.1) is 0 Å². The van der Waals surface area contributed by atoms with E-state index in [0.29, 0.717) is 30.4 Å². The molecule has 1 aromatic rings. The van der Waals surface area contributed by atoms with E-state index in [9.17, 15) is 14.0 Å². The summed E-state index contributed by atoms with van der Waals surface area (Å²) in [4.78, 5) is 28.8. The summed E-state index contributed by atoms with van der Waals surface area (Å²) in [6.45, 7) is 0.232. The molecular formula is C14H15FN2O3. The summed E-state index contributed by atoms with van der Waals surface area (Å²) in [6.07, 6.45) is 3.91. The Labute approximate surface area is 115 Å². The zero-order valence-electron chi connectivity index (χ0n) is 10.9. The molecule has 0 bridgehead atoms. The second kappa shape index (κ2) is 4.85. The molecule has 0 aliphatic carbocycles. The first-order valence-corrected chi connectivity index (χ1v) is 6.74. The van der Waals surface area contributed by atoms with Crippen LogP contribution in [0.15, 0.2) is 12.3 Å². The van der Waals surface area contributed by atoms with Gasteiger partial charge in [-0.1, -0.05) is 0 Å². The highest BCUT2D eigenvalue weighted by Gasteiger charge is 2.37. The van der Waals surface area contributed by atoms with Crippen LogP contribution in [0.1, 0.15) is 35.2 Å². The molecule has 1 saturated heterocycles. The van der Waals surface area contributed by atoms with Gasteiger partial charge < -0.3 is 10.0 Å². The number of aryl methyl sites for hydroxylation is 1. The third-order valence-electron chi connectivity index (χ3n) is 4.25. The van der Waals surface area contributed by atoms with Crippen molar-refractivity contribution in [1.82, 2.24) is 9.88 Å². The number of aliphatic carboxylic acids is 1. The first kappa shape index (κ1) is 13.0. The SMILES string of the molecule is O=C(O)[C@H]1CC[C@H]2CCc3cc(F)ncc3C(=O)N2C1. The summed E-state index contributed by atoms with van der Waals surface area (Å²) in [6, 6.07) is 1.36. The first-order valence-electron chi connectivity index (χ1n) is 6.74.